The van der Waals surface area contributed by atoms with Gasteiger partial charge in [0, 0.05) is 17.0 Å². The van der Waals surface area contributed by atoms with Crippen LogP contribution in [0.4, 0.5) is 9.39 Å². The van der Waals surface area contributed by atoms with Gasteiger partial charge in [-0.05, 0) is 46.9 Å². The average Bonchev–Trinajstić information content (AvgIpc) is 3.61. The van der Waals surface area contributed by atoms with Crippen molar-refractivity contribution in [1.29, 1.82) is 0 Å². The summed E-state index contributed by atoms with van der Waals surface area (Å²) in [6.07, 6.45) is 0.746. The maximum Gasteiger partial charge on any atom is 0.439 e. The number of anilines is 1. The van der Waals surface area contributed by atoms with Crippen molar-refractivity contribution >= 4 is 28.2 Å². The molecule has 0 fully saturated rings. The number of nitrogens with one attached hydrogen (secondary N) is 1. The Balaban J connectivity index is 1.28. The zero-order chi connectivity index (χ0) is 28.5. The number of benzene rings is 3. The second kappa shape index (κ2) is 11.0. The number of H-pyrrole nitrogens is 1. The van der Waals surface area contributed by atoms with Gasteiger partial charge in [0.1, 0.15) is 17.4 Å². The number of nitrogens with zero attached hydrogens (tertiary/aromatic N) is 3. The molecule has 1 aliphatic heterocycles. The van der Waals surface area contributed by atoms with E-state index >= 15 is 0 Å². The fraction of sp³-hybridized carbons (Fsp3) is 0.161. The number of halogens is 1. The maximum absolute atomic E-state index is 13.6. The molecule has 3 heterocycles. The van der Waals surface area contributed by atoms with E-state index in [0.29, 0.717) is 22.9 Å². The molecule has 8 nitrogen and oxygen atoms in total. The predicted molar refractivity (Wildman–Crippen MR) is 154 cm³/mol. The van der Waals surface area contributed by atoms with Crippen LogP contribution in [0.2, 0.25) is 0 Å². The molecule has 1 aliphatic rings. The number of aryl methyl sites for hydroxylation is 1. The van der Waals surface area contributed by atoms with Gasteiger partial charge in [0.15, 0.2) is 5.82 Å². The molecule has 1 N–H and O–H groups in total. The van der Waals surface area contributed by atoms with Crippen LogP contribution in [0.15, 0.2) is 88.2 Å². The van der Waals surface area contributed by atoms with Gasteiger partial charge >= 0.3 is 5.76 Å². The number of hydrogen-bond donors (Lipinski definition) is 1. The van der Waals surface area contributed by atoms with Gasteiger partial charge in [-0.1, -0.05) is 72.7 Å². The van der Waals surface area contributed by atoms with Crippen LogP contribution in [0.3, 0.4) is 0 Å². The second-order valence-electron chi connectivity index (χ2n) is 9.74. The van der Waals surface area contributed by atoms with Crippen molar-refractivity contribution in [3.8, 4) is 22.5 Å². The van der Waals surface area contributed by atoms with E-state index in [1.165, 1.54) is 28.4 Å². The number of carbonyl (C=O) groups is 2. The molecule has 0 unspecified atom stereocenters. The van der Waals surface area contributed by atoms with E-state index in [1.54, 1.807) is 17.0 Å². The normalized spacial score (nSPS) is 13.4. The highest BCUT2D eigenvalue weighted by Gasteiger charge is 2.33. The van der Waals surface area contributed by atoms with Crippen molar-refractivity contribution in [2.24, 2.45) is 0 Å². The van der Waals surface area contributed by atoms with Crippen molar-refractivity contribution in [3.63, 3.8) is 0 Å². The van der Waals surface area contributed by atoms with Crippen molar-refractivity contribution in [1.82, 2.24) is 15.0 Å². The van der Waals surface area contributed by atoms with Crippen molar-refractivity contribution in [3.05, 3.63) is 117 Å². The lowest BCUT2D eigenvalue weighted by Crippen LogP contribution is -2.38. The quantitative estimate of drug-likeness (QED) is 0.274. The first kappa shape index (κ1) is 26.4. The molecule has 5 aromatic rings. The maximum atomic E-state index is 13.6. The predicted octanol–water partition coefficient (Wildman–Crippen LogP) is 5.65. The third-order valence-corrected chi connectivity index (χ3v) is 8.32. The van der Waals surface area contributed by atoms with Crippen molar-refractivity contribution in [2.75, 3.05) is 11.4 Å². The monoisotopic (exact) mass is 568 g/mol. The smallest absolute Gasteiger partial charge is 0.325 e. The fourth-order valence-electron chi connectivity index (χ4n) is 4.92. The molecule has 10 heteroatoms. The van der Waals surface area contributed by atoms with Crippen LogP contribution in [0, 0.1) is 5.82 Å². The Morgan fingerprint density at radius 2 is 1.59 bits per heavy atom. The third kappa shape index (κ3) is 5.33. The number of aromatic nitrogens is 2. The molecular weight excluding hydrogens is 543 g/mol. The van der Waals surface area contributed by atoms with Gasteiger partial charge in [0.2, 0.25) is 5.91 Å². The number of fused-ring (bicyclic) bond motifs is 1. The molecule has 2 amide bonds. The Bertz CT molecular complexity index is 1790. The highest BCUT2D eigenvalue weighted by molar-refractivity contribution is 7.16. The molecule has 0 aliphatic carbocycles. The van der Waals surface area contributed by atoms with Crippen LogP contribution >= 0.6 is 11.3 Å². The third-order valence-electron chi connectivity index (χ3n) is 7.02. The average molecular weight is 569 g/mol. The van der Waals surface area contributed by atoms with E-state index in [2.05, 4.69) is 14.7 Å². The van der Waals surface area contributed by atoms with E-state index in [0.717, 1.165) is 39.1 Å². The highest BCUT2D eigenvalue weighted by Crippen LogP contribution is 2.37. The number of aromatic amines is 1. The number of hydrogen-bond acceptors (Lipinski definition) is 6. The van der Waals surface area contributed by atoms with E-state index in [1.807, 2.05) is 61.5 Å². The summed E-state index contributed by atoms with van der Waals surface area (Å²) in [5.74, 6) is -1.03. The molecule has 6 rings (SSSR count). The van der Waals surface area contributed by atoms with Gasteiger partial charge in [-0.2, -0.15) is 0 Å². The van der Waals surface area contributed by atoms with Crippen LogP contribution in [-0.4, -0.2) is 33.4 Å². The molecule has 0 spiro atoms. The Morgan fingerprint density at radius 3 is 2.27 bits per heavy atom. The lowest BCUT2D eigenvalue weighted by Gasteiger charge is -2.22. The van der Waals surface area contributed by atoms with E-state index < -0.39 is 5.76 Å². The summed E-state index contributed by atoms with van der Waals surface area (Å²) in [7, 11) is 0. The molecule has 0 bridgehead atoms. The zero-order valence-electron chi connectivity index (χ0n) is 22.1. The van der Waals surface area contributed by atoms with Crippen molar-refractivity contribution in [2.45, 2.75) is 26.4 Å². The van der Waals surface area contributed by atoms with Gasteiger partial charge in [-0.25, -0.2) is 9.18 Å². The Kier molecular flexibility index (Phi) is 7.07. The Hall–Kier alpha value is -4.83. The summed E-state index contributed by atoms with van der Waals surface area (Å²) in [5.41, 5.74) is 4.65. The first-order chi connectivity index (χ1) is 19.9. The minimum absolute atomic E-state index is 0.0829. The molecular formula is C31H25FN4O4S. The van der Waals surface area contributed by atoms with Gasteiger partial charge in [-0.3, -0.25) is 24.0 Å². The molecule has 2 aromatic heterocycles. The van der Waals surface area contributed by atoms with Crippen molar-refractivity contribution < 1.29 is 18.5 Å². The van der Waals surface area contributed by atoms with Crippen LogP contribution in [0.5, 0.6) is 0 Å². The lowest BCUT2D eigenvalue weighted by molar-refractivity contribution is -0.119. The summed E-state index contributed by atoms with van der Waals surface area (Å²) in [6, 6.07) is 23.2. The van der Waals surface area contributed by atoms with Gasteiger partial charge in [0.25, 0.3) is 5.91 Å². The van der Waals surface area contributed by atoms with Crippen LogP contribution in [-0.2, 0) is 24.3 Å². The topological polar surface area (TPSA) is 99.5 Å². The molecule has 0 saturated heterocycles. The summed E-state index contributed by atoms with van der Waals surface area (Å²) in [5, 5.41) is 4.46. The first-order valence-corrected chi connectivity index (χ1v) is 13.9. The van der Waals surface area contributed by atoms with Gasteiger partial charge in [-0.15, -0.1) is 11.3 Å². The summed E-state index contributed by atoms with van der Waals surface area (Å²) in [6.45, 7) is 2.44. The summed E-state index contributed by atoms with van der Waals surface area (Å²) >= 11 is 1.46. The highest BCUT2D eigenvalue weighted by atomic mass is 32.1. The number of rotatable bonds is 7. The number of thiophene rings is 1. The Morgan fingerprint density at radius 1 is 0.902 bits per heavy atom. The minimum Gasteiger partial charge on any atom is -0.325 e. The summed E-state index contributed by atoms with van der Waals surface area (Å²) < 4.78 is 18.1. The minimum atomic E-state index is -0.624. The molecule has 0 radical (unpaired) electrons. The number of amides is 2. The molecule has 0 atom stereocenters. The van der Waals surface area contributed by atoms with E-state index in [9.17, 15) is 18.8 Å². The molecule has 3 aromatic carbocycles. The second-order valence-corrected chi connectivity index (χ2v) is 10.9. The lowest BCUT2D eigenvalue weighted by atomic mass is 9.98. The summed E-state index contributed by atoms with van der Waals surface area (Å²) in [4.78, 5) is 45.5. The Labute approximate surface area is 238 Å². The van der Waals surface area contributed by atoms with Gasteiger partial charge in [0.05, 0.1) is 12.1 Å². The number of carbonyl (C=O) groups excluding carboxylic acids is 2. The standard InChI is InChI=1S/C31H25FN4O4S/c1-2-23-15-26-29(38)35(16-19-9-13-22(32)14-10-19)18-27(37)36(30(26)41-23)17-20-7-11-21(12-8-20)24-5-3-4-6-25(24)28-33-31(39)40-34-28/h3-15H,2,16-18H2,1H3,(H,33,34,39). The molecule has 0 saturated carbocycles. The SMILES string of the molecule is CCc1cc2c(s1)N(Cc1ccc(-c3ccccc3-c3noc(=O)[nH]3)cc1)C(=O)CN(Cc1ccc(F)cc1)C2=O. The zero-order valence-corrected chi connectivity index (χ0v) is 22.9. The molecule has 206 valence electrons. The van der Waals surface area contributed by atoms with Crippen LogP contribution in [0.25, 0.3) is 22.5 Å². The first-order valence-electron chi connectivity index (χ1n) is 13.1. The largest absolute Gasteiger partial charge is 0.439 e. The fourth-order valence-corrected chi connectivity index (χ4v) is 6.02. The van der Waals surface area contributed by atoms with E-state index in [4.69, 9.17) is 0 Å². The van der Waals surface area contributed by atoms with E-state index in [-0.39, 0.29) is 30.7 Å². The van der Waals surface area contributed by atoms with Gasteiger partial charge < -0.3 is 4.90 Å². The van der Waals surface area contributed by atoms with Crippen LogP contribution < -0.4 is 10.7 Å². The van der Waals surface area contributed by atoms with Crippen LogP contribution in [0.1, 0.15) is 33.3 Å². The molecule has 41 heavy (non-hydrogen) atoms.